The smallest absolute Gasteiger partial charge is 0.153 e. The van der Waals surface area contributed by atoms with Gasteiger partial charge in [-0.2, -0.15) is 0 Å². The Balaban J connectivity index is 0.00000208. The molecule has 3 radical (unpaired) electrons. The van der Waals surface area contributed by atoms with E-state index in [1.165, 1.54) is 30.1 Å². The summed E-state index contributed by atoms with van der Waals surface area (Å²) in [6.45, 7) is 6.79. The third kappa shape index (κ3) is 4.52. The summed E-state index contributed by atoms with van der Waals surface area (Å²) < 4.78 is 0. The Morgan fingerprint density at radius 3 is 2.12 bits per heavy atom. The molecule has 0 amide bonds. The largest absolute Gasteiger partial charge is 0.302 e. The fourth-order valence-corrected chi connectivity index (χ4v) is 6.51. The summed E-state index contributed by atoms with van der Waals surface area (Å²) in [6, 6.07) is 22.2. The van der Waals surface area contributed by atoms with Crippen LogP contribution in [-0.2, 0) is 0 Å². The summed E-state index contributed by atoms with van der Waals surface area (Å²) >= 11 is 0. The van der Waals surface area contributed by atoms with E-state index in [2.05, 4.69) is 79.7 Å². The molecule has 0 aromatic heterocycles. The second-order valence-corrected chi connectivity index (χ2v) is 9.07. The molecule has 0 heterocycles. The Kier molecular flexibility index (Phi) is 7.99. The average molecular weight is 561 g/mol. The molecule has 1 saturated carbocycles. The Labute approximate surface area is 171 Å². The van der Waals surface area contributed by atoms with Crippen molar-refractivity contribution in [1.82, 2.24) is 4.90 Å². The van der Waals surface area contributed by atoms with Crippen LogP contribution in [0.5, 0.6) is 0 Å². The number of nitrogens with zero attached hydrogens (tertiary/aromatic N) is 1. The summed E-state index contributed by atoms with van der Waals surface area (Å²) in [5.74, 6) is 0.659. The maximum Gasteiger partial charge on any atom is 0.153 e. The van der Waals surface area contributed by atoms with Gasteiger partial charge in [0.05, 0.1) is 11.0 Å². The Morgan fingerprint density at radius 1 is 0.958 bits per heavy atom. The Morgan fingerprint density at radius 2 is 1.54 bits per heavy atom. The number of benzene rings is 2. The van der Waals surface area contributed by atoms with Gasteiger partial charge in [-0.05, 0) is 51.1 Å². The minimum atomic E-state index is -1.00. The Bertz CT molecular complexity index is 602. The van der Waals surface area contributed by atoms with Gasteiger partial charge in [0.2, 0.25) is 0 Å². The van der Waals surface area contributed by atoms with Crippen molar-refractivity contribution in [2.24, 2.45) is 5.92 Å². The van der Waals surface area contributed by atoms with E-state index >= 15 is 0 Å². The van der Waals surface area contributed by atoms with Crippen LogP contribution in [0.3, 0.4) is 0 Å². The van der Waals surface area contributed by atoms with Crippen molar-refractivity contribution in [2.45, 2.75) is 31.0 Å². The van der Waals surface area contributed by atoms with Crippen LogP contribution < -0.4 is 5.30 Å². The fraction of sp³-hybridized carbons (Fsp3) is 0.381. The zero-order chi connectivity index (χ0) is 16.2. The van der Waals surface area contributed by atoms with Gasteiger partial charge in [0.15, 0.2) is 6.66 Å². The van der Waals surface area contributed by atoms with Crippen molar-refractivity contribution in [3.63, 3.8) is 0 Å². The van der Waals surface area contributed by atoms with Gasteiger partial charge < -0.3 is 4.90 Å². The number of hydrogen-bond acceptors (Lipinski definition) is 1. The molecule has 2 aromatic rings. The van der Waals surface area contributed by atoms with Crippen LogP contribution >= 0.6 is 7.92 Å². The van der Waals surface area contributed by atoms with E-state index in [-0.39, 0.29) is 29.9 Å². The summed E-state index contributed by atoms with van der Waals surface area (Å²) in [7, 11) is 3.41. The predicted molar refractivity (Wildman–Crippen MR) is 103 cm³/mol. The molecule has 0 bridgehead atoms. The summed E-state index contributed by atoms with van der Waals surface area (Å²) in [4.78, 5) is 2.39. The van der Waals surface area contributed by atoms with E-state index in [0.29, 0.717) is 17.6 Å². The summed E-state index contributed by atoms with van der Waals surface area (Å²) in [5, 5.41) is 1.37. The van der Waals surface area contributed by atoms with Crippen LogP contribution in [0, 0.1) is 42.5 Å². The van der Waals surface area contributed by atoms with E-state index in [0.717, 1.165) is 0 Å². The van der Waals surface area contributed by atoms with Gasteiger partial charge in [0.1, 0.15) is 0 Å². The molecule has 1 nitrogen and oxygen atoms in total. The van der Waals surface area contributed by atoms with Crippen molar-refractivity contribution in [3.8, 4) is 0 Å². The van der Waals surface area contributed by atoms with Gasteiger partial charge in [-0.25, -0.2) is 0 Å². The van der Waals surface area contributed by atoms with Gasteiger partial charge in [0.25, 0.3) is 0 Å². The molecule has 1 aliphatic carbocycles. The third-order valence-electron chi connectivity index (χ3n) is 5.18. The van der Waals surface area contributed by atoms with E-state index in [9.17, 15) is 0 Å². The zero-order valence-electron chi connectivity index (χ0n) is 14.6. The number of hydrogen-bond donors (Lipinski definition) is 0. The Hall–Kier alpha value is -0.157. The summed E-state index contributed by atoms with van der Waals surface area (Å²) in [6.07, 6.45) is 3.88. The van der Waals surface area contributed by atoms with Crippen molar-refractivity contribution in [3.05, 3.63) is 72.9 Å². The van der Waals surface area contributed by atoms with Crippen molar-refractivity contribution in [2.75, 3.05) is 14.1 Å². The van der Waals surface area contributed by atoms with Crippen molar-refractivity contribution < 1.29 is 29.9 Å². The maximum atomic E-state index is 6.79. The molecular formula is C21H27NNpP+. The molecule has 3 unspecified atom stereocenters. The minimum absolute atomic E-state index is 0. The molecule has 3 heteroatoms. The topological polar surface area (TPSA) is 3.24 Å². The van der Waals surface area contributed by atoms with E-state index in [1.54, 1.807) is 0 Å². The third-order valence-corrected chi connectivity index (χ3v) is 7.69. The second-order valence-electron chi connectivity index (χ2n) is 6.84. The normalized spacial score (nSPS) is 22.8. The average Bonchev–Trinajstić information content (AvgIpc) is 3.05. The van der Waals surface area contributed by atoms with E-state index < -0.39 is 7.92 Å². The maximum absolute atomic E-state index is 6.79. The molecule has 1 aliphatic rings. The SMILES string of the molecule is [CH][PH+](c1ccccc1)C1CCCC1[C@@H](c1ccccc1)N(C)C.[Np]. The van der Waals surface area contributed by atoms with Gasteiger partial charge >= 0.3 is 0 Å². The van der Waals surface area contributed by atoms with E-state index in [4.69, 9.17) is 6.66 Å². The fourth-order valence-electron chi connectivity index (χ4n) is 4.18. The molecule has 3 rings (SSSR count). The zero-order valence-corrected chi connectivity index (χ0v) is 19.3. The first-order valence-corrected chi connectivity index (χ1v) is 10.2. The minimum Gasteiger partial charge on any atom is -0.302 e. The number of rotatable bonds is 5. The first kappa shape index (κ1) is 20.2. The van der Waals surface area contributed by atoms with Gasteiger partial charge in [0, 0.05) is 49.8 Å². The first-order chi connectivity index (χ1) is 11.2. The van der Waals surface area contributed by atoms with Crippen molar-refractivity contribution >= 4 is 13.2 Å². The van der Waals surface area contributed by atoms with Crippen LogP contribution in [0.15, 0.2) is 60.7 Å². The van der Waals surface area contributed by atoms with Gasteiger partial charge in [-0.1, -0.05) is 48.5 Å². The van der Waals surface area contributed by atoms with Crippen LogP contribution in [0.1, 0.15) is 30.9 Å². The van der Waals surface area contributed by atoms with Crippen molar-refractivity contribution in [1.29, 1.82) is 0 Å². The second kappa shape index (κ2) is 9.52. The molecule has 1 fully saturated rings. The predicted octanol–water partition coefficient (Wildman–Crippen LogP) is 4.67. The molecule has 0 aliphatic heterocycles. The molecule has 0 spiro atoms. The molecule has 4 atom stereocenters. The molecule has 0 N–H and O–H groups in total. The summed E-state index contributed by atoms with van der Waals surface area (Å²) in [5.41, 5.74) is 2.08. The molecule has 2 aromatic carbocycles. The van der Waals surface area contributed by atoms with Gasteiger partial charge in [-0.15, -0.1) is 0 Å². The van der Waals surface area contributed by atoms with Crippen LogP contribution in [0.25, 0.3) is 0 Å². The molecule has 125 valence electrons. The quantitative estimate of drug-likeness (QED) is 0.480. The first-order valence-electron chi connectivity index (χ1n) is 8.57. The standard InChI is InChI=1S/C21H27NP.Np/c1-22(2)21(17-11-6-4-7-12-17)19-15-10-16-20(19)23(3)18-13-8-5-9-14-18;/h3-9,11-14,19-21,23H,10,15-16H2,1-2H3;/q+1;/t19?,20?,21-;/m1./s1. The monoisotopic (exact) mass is 560 g/mol. The molecule has 24 heavy (non-hydrogen) atoms. The van der Waals surface area contributed by atoms with Crippen LogP contribution in [0.2, 0.25) is 0 Å². The van der Waals surface area contributed by atoms with Crippen LogP contribution in [-0.4, -0.2) is 24.7 Å². The molecule has 0 saturated heterocycles. The van der Waals surface area contributed by atoms with E-state index in [1.807, 2.05) is 0 Å². The van der Waals surface area contributed by atoms with Crippen LogP contribution in [0.4, 0.5) is 0 Å². The molecular weight excluding hydrogens is 534 g/mol. The van der Waals surface area contributed by atoms with Gasteiger partial charge in [-0.3, -0.25) is 0 Å².